The average Bonchev–Trinajstić information content (AvgIpc) is 3.20. The van der Waals surface area contributed by atoms with Crippen LogP contribution in [0.4, 0.5) is 0 Å². The summed E-state index contributed by atoms with van der Waals surface area (Å²) in [5.74, 6) is -0.447. The molecule has 20 heavy (non-hydrogen) atoms. The van der Waals surface area contributed by atoms with E-state index in [1.165, 1.54) is 12.8 Å². The van der Waals surface area contributed by atoms with E-state index in [9.17, 15) is 9.59 Å². The molecule has 0 aromatic rings. The first-order valence-electron chi connectivity index (χ1n) is 7.74. The number of esters is 2. The maximum Gasteiger partial charge on any atom is 0.324 e. The Bertz CT molecular complexity index is 319. The van der Waals surface area contributed by atoms with Gasteiger partial charge in [-0.25, -0.2) is 0 Å². The van der Waals surface area contributed by atoms with Gasteiger partial charge < -0.3 is 9.47 Å². The summed E-state index contributed by atoms with van der Waals surface area (Å²) in [6.45, 7) is 7.32. The van der Waals surface area contributed by atoms with Crippen molar-refractivity contribution in [2.45, 2.75) is 65.0 Å². The summed E-state index contributed by atoms with van der Waals surface area (Å²) in [6.07, 6.45) is 5.01. The van der Waals surface area contributed by atoms with Gasteiger partial charge in [-0.2, -0.15) is 0 Å². The minimum absolute atomic E-state index is 0.204. The summed E-state index contributed by atoms with van der Waals surface area (Å²) in [4.78, 5) is 25.4. The van der Waals surface area contributed by atoms with Gasteiger partial charge in [0.15, 0.2) is 0 Å². The third kappa shape index (κ3) is 5.12. The van der Waals surface area contributed by atoms with Crippen molar-refractivity contribution in [2.24, 2.45) is 0 Å². The van der Waals surface area contributed by atoms with Gasteiger partial charge >= 0.3 is 11.9 Å². The Kier molecular flexibility index (Phi) is 7.59. The molecule has 0 N–H and O–H groups in total. The highest BCUT2D eigenvalue weighted by Crippen LogP contribution is 2.25. The third-order valence-electron chi connectivity index (χ3n) is 3.51. The second-order valence-electron chi connectivity index (χ2n) is 5.12. The number of rotatable bonds is 10. The van der Waals surface area contributed by atoms with Gasteiger partial charge in [0.25, 0.3) is 0 Å². The van der Waals surface area contributed by atoms with Crippen LogP contribution in [0, 0.1) is 0 Å². The zero-order valence-electron chi connectivity index (χ0n) is 12.9. The molecule has 1 saturated heterocycles. The Morgan fingerprint density at radius 3 is 2.50 bits per heavy atom. The number of carbonyl (C=O) groups excluding carboxylic acids is 2. The van der Waals surface area contributed by atoms with E-state index in [2.05, 4.69) is 6.92 Å². The van der Waals surface area contributed by atoms with Crippen LogP contribution in [0.25, 0.3) is 0 Å². The monoisotopic (exact) mass is 285 g/mol. The van der Waals surface area contributed by atoms with Crippen LogP contribution in [0.5, 0.6) is 0 Å². The van der Waals surface area contributed by atoms with Gasteiger partial charge in [0.2, 0.25) is 0 Å². The van der Waals surface area contributed by atoms with Crippen molar-refractivity contribution in [3.8, 4) is 0 Å². The number of carbonyl (C=O) groups is 2. The fourth-order valence-corrected chi connectivity index (χ4v) is 2.28. The summed E-state index contributed by atoms with van der Waals surface area (Å²) in [6, 6.07) is -0.567. The molecule has 5 heteroatoms. The van der Waals surface area contributed by atoms with Gasteiger partial charge in [0, 0.05) is 6.54 Å². The highest BCUT2D eigenvalue weighted by Gasteiger charge is 2.48. The predicted octanol–water partition coefficient (Wildman–Crippen LogP) is 2.14. The number of hydrogen-bond donors (Lipinski definition) is 0. The second-order valence-corrected chi connectivity index (χ2v) is 5.12. The normalized spacial score (nSPS) is 22.1. The predicted molar refractivity (Wildman–Crippen MR) is 76.3 cm³/mol. The Morgan fingerprint density at radius 1 is 1.15 bits per heavy atom. The van der Waals surface area contributed by atoms with E-state index >= 15 is 0 Å². The quantitative estimate of drug-likeness (QED) is 0.350. The van der Waals surface area contributed by atoms with E-state index in [0.717, 1.165) is 12.8 Å². The lowest BCUT2D eigenvalue weighted by Crippen LogP contribution is -2.33. The topological polar surface area (TPSA) is 55.6 Å². The van der Waals surface area contributed by atoms with Crippen LogP contribution >= 0.6 is 0 Å². The summed E-state index contributed by atoms with van der Waals surface area (Å²) >= 11 is 0. The standard InChI is InChI=1S/C15H27NO4/c1-4-7-8-9-10-20-15(18)13-11-16(13)12(5-2)14(17)19-6-3/h12-13H,4-11H2,1-3H3. The fourth-order valence-electron chi connectivity index (χ4n) is 2.28. The molecule has 1 aliphatic rings. The first-order chi connectivity index (χ1) is 9.65. The van der Waals surface area contributed by atoms with Crippen molar-refractivity contribution < 1.29 is 19.1 Å². The minimum Gasteiger partial charge on any atom is -0.465 e. The lowest BCUT2D eigenvalue weighted by Gasteiger charge is -2.15. The molecule has 1 aliphatic heterocycles. The maximum atomic E-state index is 11.8. The van der Waals surface area contributed by atoms with Crippen LogP contribution in [0.3, 0.4) is 0 Å². The molecule has 0 amide bonds. The molecule has 1 rings (SSSR count). The highest BCUT2D eigenvalue weighted by atomic mass is 16.5. The molecular formula is C15H27NO4. The summed E-state index contributed by atoms with van der Waals surface area (Å²) in [5, 5.41) is 0. The number of hydrogen-bond acceptors (Lipinski definition) is 5. The van der Waals surface area contributed by atoms with Gasteiger partial charge in [-0.1, -0.05) is 33.1 Å². The lowest BCUT2D eigenvalue weighted by molar-refractivity contribution is -0.149. The van der Waals surface area contributed by atoms with E-state index in [0.29, 0.717) is 26.2 Å². The molecular weight excluding hydrogens is 258 g/mol. The van der Waals surface area contributed by atoms with E-state index in [1.54, 1.807) is 6.92 Å². The molecule has 116 valence electrons. The van der Waals surface area contributed by atoms with Gasteiger partial charge in [0.05, 0.1) is 13.2 Å². The molecule has 0 spiro atoms. The average molecular weight is 285 g/mol. The molecule has 0 saturated carbocycles. The molecule has 0 radical (unpaired) electrons. The Balaban J connectivity index is 2.26. The molecule has 3 unspecified atom stereocenters. The molecule has 1 heterocycles. The van der Waals surface area contributed by atoms with Crippen LogP contribution < -0.4 is 0 Å². The van der Waals surface area contributed by atoms with Gasteiger partial charge in [-0.15, -0.1) is 0 Å². The maximum absolute atomic E-state index is 11.8. The van der Waals surface area contributed by atoms with E-state index in [4.69, 9.17) is 9.47 Å². The van der Waals surface area contributed by atoms with Gasteiger partial charge in [0.1, 0.15) is 12.1 Å². The molecule has 0 aromatic heterocycles. The van der Waals surface area contributed by atoms with Crippen LogP contribution in [-0.4, -0.2) is 48.7 Å². The van der Waals surface area contributed by atoms with Crippen molar-refractivity contribution in [2.75, 3.05) is 19.8 Å². The van der Waals surface area contributed by atoms with E-state index in [1.807, 2.05) is 11.8 Å². The molecule has 5 nitrogen and oxygen atoms in total. The summed E-state index contributed by atoms with van der Waals surface area (Å²) in [5.41, 5.74) is 0. The summed E-state index contributed by atoms with van der Waals surface area (Å²) < 4.78 is 10.3. The SMILES string of the molecule is CCCCCCOC(=O)C1CN1C(CC)C(=O)OCC. The van der Waals surface area contributed by atoms with Gasteiger partial charge in [-0.05, 0) is 19.8 Å². The second kappa shape index (κ2) is 8.95. The highest BCUT2D eigenvalue weighted by molar-refractivity contribution is 5.83. The number of ether oxygens (including phenoxy) is 2. The largest absolute Gasteiger partial charge is 0.465 e. The van der Waals surface area contributed by atoms with Crippen LogP contribution in [0.1, 0.15) is 52.9 Å². The van der Waals surface area contributed by atoms with Crippen LogP contribution in [0.2, 0.25) is 0 Å². The Labute approximate surface area is 121 Å². The molecule has 0 bridgehead atoms. The Morgan fingerprint density at radius 2 is 1.90 bits per heavy atom. The van der Waals surface area contributed by atoms with Crippen molar-refractivity contribution in [1.82, 2.24) is 4.90 Å². The first kappa shape index (κ1) is 17.0. The lowest BCUT2D eigenvalue weighted by atomic mass is 10.2. The molecule has 0 aliphatic carbocycles. The van der Waals surface area contributed by atoms with Crippen molar-refractivity contribution in [3.05, 3.63) is 0 Å². The minimum atomic E-state index is -0.312. The zero-order valence-corrected chi connectivity index (χ0v) is 12.9. The number of nitrogens with zero attached hydrogens (tertiary/aromatic N) is 1. The van der Waals surface area contributed by atoms with E-state index in [-0.39, 0.29) is 24.0 Å². The first-order valence-corrected chi connectivity index (χ1v) is 7.74. The number of unbranched alkanes of at least 4 members (excludes halogenated alkanes) is 3. The van der Waals surface area contributed by atoms with Crippen molar-refractivity contribution >= 4 is 11.9 Å². The van der Waals surface area contributed by atoms with Crippen molar-refractivity contribution in [1.29, 1.82) is 0 Å². The van der Waals surface area contributed by atoms with E-state index < -0.39 is 0 Å². The van der Waals surface area contributed by atoms with Crippen molar-refractivity contribution in [3.63, 3.8) is 0 Å². The molecule has 3 atom stereocenters. The zero-order chi connectivity index (χ0) is 15.0. The smallest absolute Gasteiger partial charge is 0.324 e. The summed E-state index contributed by atoms with van der Waals surface area (Å²) in [7, 11) is 0. The molecule has 0 aromatic carbocycles. The fraction of sp³-hybridized carbons (Fsp3) is 0.867. The van der Waals surface area contributed by atoms with Gasteiger partial charge in [-0.3, -0.25) is 14.5 Å². The van der Waals surface area contributed by atoms with Crippen LogP contribution in [-0.2, 0) is 19.1 Å². The van der Waals surface area contributed by atoms with Crippen LogP contribution in [0.15, 0.2) is 0 Å². The Hall–Kier alpha value is -1.10. The molecule has 1 fully saturated rings. The third-order valence-corrected chi connectivity index (χ3v) is 3.51.